The summed E-state index contributed by atoms with van der Waals surface area (Å²) in [6, 6.07) is 0. The van der Waals surface area contributed by atoms with E-state index in [4.69, 9.17) is 9.47 Å². The largest absolute Gasteiger partial charge is 0.462 e. The predicted octanol–water partition coefficient (Wildman–Crippen LogP) is -0.138. The van der Waals surface area contributed by atoms with Crippen molar-refractivity contribution in [3.8, 4) is 0 Å². The molecule has 0 aromatic rings. The van der Waals surface area contributed by atoms with Gasteiger partial charge in [-0.2, -0.15) is 0 Å². The topological polar surface area (TPSA) is 72.8 Å². The fourth-order valence-electron chi connectivity index (χ4n) is 2.56. The second-order valence-corrected chi connectivity index (χ2v) is 4.13. The van der Waals surface area contributed by atoms with Crippen molar-refractivity contribution in [2.45, 2.75) is 32.0 Å². The van der Waals surface area contributed by atoms with Crippen molar-refractivity contribution in [3.63, 3.8) is 0 Å². The van der Waals surface area contributed by atoms with Crippen LogP contribution in [0.25, 0.3) is 0 Å². The van der Waals surface area contributed by atoms with Gasteiger partial charge < -0.3 is 14.6 Å². The number of rotatable bonds is 2. The highest BCUT2D eigenvalue weighted by Crippen LogP contribution is 2.42. The first-order valence-electron chi connectivity index (χ1n) is 5.09. The summed E-state index contributed by atoms with van der Waals surface area (Å²) >= 11 is 0. The average molecular weight is 214 g/mol. The van der Waals surface area contributed by atoms with E-state index in [9.17, 15) is 14.7 Å². The van der Waals surface area contributed by atoms with E-state index in [0.717, 1.165) is 0 Å². The van der Waals surface area contributed by atoms with Crippen LogP contribution in [-0.2, 0) is 19.1 Å². The summed E-state index contributed by atoms with van der Waals surface area (Å²) in [4.78, 5) is 21.9. The minimum atomic E-state index is -0.357. The van der Waals surface area contributed by atoms with E-state index in [1.807, 2.05) is 0 Å². The number of hydrogen-bond acceptors (Lipinski definition) is 5. The second-order valence-electron chi connectivity index (χ2n) is 4.13. The van der Waals surface area contributed by atoms with Crippen LogP contribution in [0.4, 0.5) is 0 Å². The van der Waals surface area contributed by atoms with E-state index in [1.165, 1.54) is 6.92 Å². The Morgan fingerprint density at radius 3 is 3.00 bits per heavy atom. The van der Waals surface area contributed by atoms with Crippen molar-refractivity contribution in [2.24, 2.45) is 11.8 Å². The molecule has 0 spiro atoms. The summed E-state index contributed by atoms with van der Waals surface area (Å²) < 4.78 is 10.2. The van der Waals surface area contributed by atoms with Crippen LogP contribution in [0.1, 0.15) is 19.8 Å². The zero-order chi connectivity index (χ0) is 11.0. The number of fused-ring (bicyclic) bond motifs is 1. The van der Waals surface area contributed by atoms with Gasteiger partial charge in [0.1, 0.15) is 12.2 Å². The average Bonchev–Trinajstić information content (AvgIpc) is 2.59. The molecule has 1 N–H and O–H groups in total. The lowest BCUT2D eigenvalue weighted by Crippen LogP contribution is -2.27. The van der Waals surface area contributed by atoms with Gasteiger partial charge in [-0.15, -0.1) is 0 Å². The van der Waals surface area contributed by atoms with Crippen LogP contribution in [0.15, 0.2) is 0 Å². The Labute approximate surface area is 87.4 Å². The van der Waals surface area contributed by atoms with Crippen molar-refractivity contribution in [1.29, 1.82) is 0 Å². The fraction of sp³-hybridized carbons (Fsp3) is 0.800. The Balaban J connectivity index is 2.06. The fourth-order valence-corrected chi connectivity index (χ4v) is 2.56. The Morgan fingerprint density at radius 2 is 2.40 bits per heavy atom. The molecule has 0 aromatic carbocycles. The lowest BCUT2D eigenvalue weighted by Gasteiger charge is -2.19. The van der Waals surface area contributed by atoms with Gasteiger partial charge in [0.05, 0.1) is 6.42 Å². The number of aliphatic hydroxyl groups is 1. The molecule has 0 bridgehead atoms. The van der Waals surface area contributed by atoms with Gasteiger partial charge in [0.15, 0.2) is 0 Å². The summed E-state index contributed by atoms with van der Waals surface area (Å²) in [6.07, 6.45) is 0.351. The first-order valence-corrected chi connectivity index (χ1v) is 5.09. The third kappa shape index (κ3) is 1.84. The number of esters is 2. The van der Waals surface area contributed by atoms with Gasteiger partial charge in [0.2, 0.25) is 0 Å². The van der Waals surface area contributed by atoms with Crippen LogP contribution in [0, 0.1) is 11.8 Å². The summed E-state index contributed by atoms with van der Waals surface area (Å²) in [5.74, 6) is -0.730. The molecule has 84 valence electrons. The molecule has 0 amide bonds. The zero-order valence-electron chi connectivity index (χ0n) is 8.51. The van der Waals surface area contributed by atoms with Crippen molar-refractivity contribution in [2.75, 3.05) is 6.61 Å². The monoisotopic (exact) mass is 214 g/mol. The van der Waals surface area contributed by atoms with Gasteiger partial charge >= 0.3 is 11.9 Å². The molecular formula is C10H14O5. The molecule has 0 aromatic heterocycles. The summed E-state index contributed by atoms with van der Waals surface area (Å²) in [7, 11) is 0. The molecular weight excluding hydrogens is 200 g/mol. The van der Waals surface area contributed by atoms with E-state index < -0.39 is 0 Å². The molecule has 2 fully saturated rings. The van der Waals surface area contributed by atoms with Crippen molar-refractivity contribution in [3.05, 3.63) is 0 Å². The predicted molar refractivity (Wildman–Crippen MR) is 48.7 cm³/mol. The van der Waals surface area contributed by atoms with Gasteiger partial charge in [-0.1, -0.05) is 0 Å². The van der Waals surface area contributed by atoms with E-state index in [2.05, 4.69) is 0 Å². The summed E-state index contributed by atoms with van der Waals surface area (Å²) in [5, 5.41) is 9.22. The highest BCUT2D eigenvalue weighted by molar-refractivity contribution is 5.72. The van der Waals surface area contributed by atoms with E-state index >= 15 is 0 Å². The number of ether oxygens (including phenoxy) is 2. The normalized spacial score (nSPS) is 38.7. The van der Waals surface area contributed by atoms with Crippen LogP contribution < -0.4 is 0 Å². The molecule has 2 rings (SSSR count). The maximum atomic E-state index is 11.0. The van der Waals surface area contributed by atoms with Gasteiger partial charge in [0.25, 0.3) is 0 Å². The molecule has 1 aliphatic heterocycles. The van der Waals surface area contributed by atoms with Crippen molar-refractivity contribution in [1.82, 2.24) is 0 Å². The first-order chi connectivity index (χ1) is 7.11. The molecule has 1 heterocycles. The molecule has 5 heteroatoms. The third-order valence-corrected chi connectivity index (χ3v) is 3.18. The maximum Gasteiger partial charge on any atom is 0.306 e. The Bertz CT molecular complexity index is 288. The van der Waals surface area contributed by atoms with Crippen LogP contribution in [0.3, 0.4) is 0 Å². The maximum absolute atomic E-state index is 11.0. The van der Waals surface area contributed by atoms with Crippen molar-refractivity contribution < 1.29 is 24.2 Å². The molecule has 1 saturated heterocycles. The first kappa shape index (κ1) is 10.4. The zero-order valence-corrected chi connectivity index (χ0v) is 8.51. The number of carbonyl (C=O) groups is 2. The van der Waals surface area contributed by atoms with Crippen LogP contribution in [0.2, 0.25) is 0 Å². The van der Waals surface area contributed by atoms with E-state index in [1.54, 1.807) is 0 Å². The minimum absolute atomic E-state index is 0.00634. The SMILES string of the molecule is CC(=O)O[C@@H]1C[C@@H]2OC(=O)CC2[C@H]1CO. The van der Waals surface area contributed by atoms with E-state index in [0.29, 0.717) is 12.8 Å². The Hall–Kier alpha value is -1.10. The highest BCUT2D eigenvalue weighted by Gasteiger charge is 2.51. The molecule has 2 aliphatic rings. The third-order valence-electron chi connectivity index (χ3n) is 3.18. The number of aliphatic hydroxyl groups excluding tert-OH is 1. The lowest BCUT2D eigenvalue weighted by atomic mass is 9.93. The quantitative estimate of drug-likeness (QED) is 0.648. The van der Waals surface area contributed by atoms with E-state index in [-0.39, 0.29) is 42.6 Å². The van der Waals surface area contributed by atoms with Gasteiger partial charge in [-0.05, 0) is 0 Å². The Kier molecular flexibility index (Phi) is 2.65. The molecule has 4 atom stereocenters. The van der Waals surface area contributed by atoms with Gasteiger partial charge in [-0.3, -0.25) is 9.59 Å². The molecule has 0 radical (unpaired) electrons. The van der Waals surface area contributed by atoms with Crippen LogP contribution in [0.5, 0.6) is 0 Å². The standard InChI is InChI=1S/C10H14O5/c1-5(12)14-9-3-8-6(7(9)4-11)2-10(13)15-8/h6-9,11H,2-4H2,1H3/t6?,7-,8+,9-/m1/s1. The number of hydrogen-bond donors (Lipinski definition) is 1. The van der Waals surface area contributed by atoms with Crippen molar-refractivity contribution >= 4 is 11.9 Å². The van der Waals surface area contributed by atoms with Crippen LogP contribution in [-0.4, -0.2) is 35.9 Å². The van der Waals surface area contributed by atoms with Crippen LogP contribution >= 0.6 is 0 Å². The highest BCUT2D eigenvalue weighted by atomic mass is 16.6. The molecule has 1 aliphatic carbocycles. The molecule has 15 heavy (non-hydrogen) atoms. The smallest absolute Gasteiger partial charge is 0.306 e. The minimum Gasteiger partial charge on any atom is -0.462 e. The summed E-state index contributed by atoms with van der Waals surface area (Å²) in [6.45, 7) is 1.27. The van der Waals surface area contributed by atoms with Gasteiger partial charge in [-0.25, -0.2) is 0 Å². The Morgan fingerprint density at radius 1 is 1.67 bits per heavy atom. The van der Waals surface area contributed by atoms with Gasteiger partial charge in [0, 0.05) is 31.8 Å². The molecule has 1 unspecified atom stereocenters. The molecule has 1 saturated carbocycles. The number of carbonyl (C=O) groups excluding carboxylic acids is 2. The summed E-state index contributed by atoms with van der Waals surface area (Å²) in [5.41, 5.74) is 0. The second kappa shape index (κ2) is 3.81. The lowest BCUT2D eigenvalue weighted by molar-refractivity contribution is -0.150. The molecule has 5 nitrogen and oxygen atoms in total.